The molecule has 0 aromatic heterocycles. The van der Waals surface area contributed by atoms with E-state index in [1.165, 1.54) is 0 Å². The number of sulfone groups is 1. The van der Waals surface area contributed by atoms with E-state index in [9.17, 15) is 13.5 Å². The van der Waals surface area contributed by atoms with Crippen LogP contribution in [0.1, 0.15) is 44.9 Å². The Morgan fingerprint density at radius 3 is 2.40 bits per heavy atom. The summed E-state index contributed by atoms with van der Waals surface area (Å²) in [6.07, 6.45) is -0.649. The summed E-state index contributed by atoms with van der Waals surface area (Å²) in [7, 11) is -3.20. The van der Waals surface area contributed by atoms with Crippen LogP contribution >= 0.6 is 0 Å². The summed E-state index contributed by atoms with van der Waals surface area (Å²) in [5.41, 5.74) is 1.70. The van der Waals surface area contributed by atoms with Crippen molar-refractivity contribution in [1.82, 2.24) is 0 Å². The minimum absolute atomic E-state index is 0.0381. The maximum atomic E-state index is 12.0. The van der Waals surface area contributed by atoms with Gasteiger partial charge >= 0.3 is 0 Å². The molecule has 1 N–H and O–H groups in total. The molecule has 0 bridgehead atoms. The van der Waals surface area contributed by atoms with E-state index in [4.69, 9.17) is 4.74 Å². The van der Waals surface area contributed by atoms with E-state index < -0.39 is 20.7 Å². The predicted molar refractivity (Wildman–Crippen MR) is 80.8 cm³/mol. The summed E-state index contributed by atoms with van der Waals surface area (Å²) in [6, 6.07) is 5.48. The van der Waals surface area contributed by atoms with Crippen molar-refractivity contribution in [2.45, 2.75) is 45.5 Å². The average molecular weight is 300 g/mol. The first-order valence-corrected chi connectivity index (χ1v) is 8.33. The van der Waals surface area contributed by atoms with Gasteiger partial charge in [0.05, 0.1) is 16.6 Å². The Morgan fingerprint density at radius 1 is 1.30 bits per heavy atom. The molecule has 1 aromatic carbocycles. The molecule has 0 saturated carbocycles. The van der Waals surface area contributed by atoms with Gasteiger partial charge in [-0.25, -0.2) is 8.42 Å². The highest BCUT2D eigenvalue weighted by molar-refractivity contribution is 7.92. The highest BCUT2D eigenvalue weighted by atomic mass is 32.2. The molecule has 1 atom stereocenters. The molecular formula is C15H24O4S. The Kier molecular flexibility index (Phi) is 5.21. The molecule has 4 nitrogen and oxygen atoms in total. The van der Waals surface area contributed by atoms with Gasteiger partial charge in [-0.15, -0.1) is 0 Å². The van der Waals surface area contributed by atoms with Gasteiger partial charge in [-0.3, -0.25) is 0 Å². The van der Waals surface area contributed by atoms with Crippen LogP contribution in [0.3, 0.4) is 0 Å². The second-order valence-electron chi connectivity index (χ2n) is 6.00. The van der Waals surface area contributed by atoms with Gasteiger partial charge in [0.1, 0.15) is 12.4 Å². The Morgan fingerprint density at radius 2 is 1.90 bits per heavy atom. The van der Waals surface area contributed by atoms with Crippen molar-refractivity contribution in [2.75, 3.05) is 12.4 Å². The van der Waals surface area contributed by atoms with Crippen molar-refractivity contribution in [3.63, 3.8) is 0 Å². The fraction of sp³-hybridized carbons (Fsp3) is 0.600. The SMILES string of the molecule is Cc1ccc(OCCS(=O)(=O)C(C)(C)C)c(C(C)O)c1. The maximum Gasteiger partial charge on any atom is 0.158 e. The molecule has 5 heteroatoms. The third-order valence-electron chi connectivity index (χ3n) is 3.16. The third kappa shape index (κ3) is 4.21. The van der Waals surface area contributed by atoms with Crippen molar-refractivity contribution in [3.05, 3.63) is 29.3 Å². The zero-order valence-electron chi connectivity index (χ0n) is 12.8. The van der Waals surface area contributed by atoms with Gasteiger partial charge in [0.15, 0.2) is 9.84 Å². The highest BCUT2D eigenvalue weighted by Gasteiger charge is 2.28. The van der Waals surface area contributed by atoms with Crippen molar-refractivity contribution >= 4 is 9.84 Å². The highest BCUT2D eigenvalue weighted by Crippen LogP contribution is 2.26. The topological polar surface area (TPSA) is 63.6 Å². The predicted octanol–water partition coefficient (Wildman–Crippen LogP) is 2.64. The average Bonchev–Trinajstić information content (AvgIpc) is 2.29. The molecule has 114 valence electrons. The van der Waals surface area contributed by atoms with E-state index in [0.29, 0.717) is 11.3 Å². The molecular weight excluding hydrogens is 276 g/mol. The van der Waals surface area contributed by atoms with Crippen LogP contribution in [-0.4, -0.2) is 30.6 Å². The number of benzene rings is 1. The number of ether oxygens (including phenoxy) is 1. The summed E-state index contributed by atoms with van der Waals surface area (Å²) >= 11 is 0. The Labute approximate surface area is 121 Å². The first-order chi connectivity index (χ1) is 9.04. The second-order valence-corrected chi connectivity index (χ2v) is 8.86. The van der Waals surface area contributed by atoms with Gasteiger partial charge in [0.2, 0.25) is 0 Å². The minimum atomic E-state index is -3.20. The van der Waals surface area contributed by atoms with Crippen molar-refractivity contribution in [1.29, 1.82) is 0 Å². The molecule has 0 spiro atoms. The summed E-state index contributed by atoms with van der Waals surface area (Å²) in [4.78, 5) is 0. The molecule has 0 saturated heterocycles. The molecule has 0 radical (unpaired) electrons. The molecule has 0 heterocycles. The van der Waals surface area contributed by atoms with Crippen molar-refractivity contribution in [2.24, 2.45) is 0 Å². The van der Waals surface area contributed by atoms with Crippen LogP contribution in [0.4, 0.5) is 0 Å². The van der Waals surface area contributed by atoms with Gasteiger partial charge in [0.25, 0.3) is 0 Å². The van der Waals surface area contributed by atoms with E-state index in [1.807, 2.05) is 19.1 Å². The monoisotopic (exact) mass is 300 g/mol. The Hall–Kier alpha value is -1.07. The number of aryl methyl sites for hydroxylation is 1. The number of rotatable bonds is 5. The Bertz CT molecular complexity index is 554. The lowest BCUT2D eigenvalue weighted by Gasteiger charge is -2.20. The number of hydrogen-bond donors (Lipinski definition) is 1. The normalized spacial score (nSPS) is 14.1. The van der Waals surface area contributed by atoms with Crippen LogP contribution in [0.25, 0.3) is 0 Å². The van der Waals surface area contributed by atoms with Crippen LogP contribution in [0.2, 0.25) is 0 Å². The first-order valence-electron chi connectivity index (χ1n) is 6.68. The molecule has 0 fully saturated rings. The fourth-order valence-corrected chi connectivity index (χ4v) is 2.61. The number of aliphatic hydroxyl groups excluding tert-OH is 1. The van der Waals surface area contributed by atoms with Crippen molar-refractivity contribution in [3.8, 4) is 5.75 Å². The number of aliphatic hydroxyl groups is 1. The van der Waals surface area contributed by atoms with E-state index in [0.717, 1.165) is 5.56 Å². The summed E-state index contributed by atoms with van der Waals surface area (Å²) in [6.45, 7) is 8.70. The van der Waals surface area contributed by atoms with Crippen LogP contribution < -0.4 is 4.74 Å². The van der Waals surface area contributed by atoms with Crippen LogP contribution in [0.5, 0.6) is 5.75 Å². The summed E-state index contributed by atoms with van der Waals surface area (Å²) < 4.78 is 28.7. The molecule has 1 rings (SSSR count). The van der Waals surface area contributed by atoms with Gasteiger partial charge < -0.3 is 9.84 Å². The largest absolute Gasteiger partial charge is 0.492 e. The minimum Gasteiger partial charge on any atom is -0.492 e. The van der Waals surface area contributed by atoms with Crippen LogP contribution in [-0.2, 0) is 9.84 Å². The molecule has 20 heavy (non-hydrogen) atoms. The van der Waals surface area contributed by atoms with Gasteiger partial charge in [-0.05, 0) is 46.8 Å². The molecule has 1 unspecified atom stereocenters. The standard InChI is InChI=1S/C15H24O4S/c1-11-6-7-14(13(10-11)12(2)16)19-8-9-20(17,18)15(3,4)5/h6-7,10,12,16H,8-9H2,1-5H3. The lowest BCUT2D eigenvalue weighted by atomic mass is 10.1. The quantitative estimate of drug-likeness (QED) is 0.908. The number of hydrogen-bond acceptors (Lipinski definition) is 4. The zero-order valence-corrected chi connectivity index (χ0v) is 13.6. The second kappa shape index (κ2) is 6.14. The lowest BCUT2D eigenvalue weighted by Crippen LogP contribution is -2.32. The smallest absolute Gasteiger partial charge is 0.158 e. The van der Waals surface area contributed by atoms with Gasteiger partial charge in [0, 0.05) is 5.56 Å². The van der Waals surface area contributed by atoms with E-state index in [1.54, 1.807) is 33.8 Å². The molecule has 0 aliphatic carbocycles. The summed E-state index contributed by atoms with van der Waals surface area (Å²) in [5, 5.41) is 9.72. The Balaban J connectivity index is 2.77. The lowest BCUT2D eigenvalue weighted by molar-refractivity contribution is 0.192. The van der Waals surface area contributed by atoms with E-state index in [2.05, 4.69) is 0 Å². The van der Waals surface area contributed by atoms with Gasteiger partial charge in [-0.1, -0.05) is 11.6 Å². The molecule has 0 aliphatic heterocycles. The zero-order chi connectivity index (χ0) is 15.6. The van der Waals surface area contributed by atoms with Crippen LogP contribution in [0, 0.1) is 6.92 Å². The van der Waals surface area contributed by atoms with E-state index >= 15 is 0 Å². The molecule has 1 aromatic rings. The molecule has 0 aliphatic rings. The van der Waals surface area contributed by atoms with Crippen molar-refractivity contribution < 1.29 is 18.3 Å². The van der Waals surface area contributed by atoms with Gasteiger partial charge in [-0.2, -0.15) is 0 Å². The maximum absolute atomic E-state index is 12.0. The summed E-state index contributed by atoms with van der Waals surface area (Å²) in [5.74, 6) is 0.499. The first kappa shape index (κ1) is 17.0. The molecule has 0 amide bonds. The van der Waals surface area contributed by atoms with E-state index in [-0.39, 0.29) is 12.4 Å². The fourth-order valence-electron chi connectivity index (χ4n) is 1.69. The third-order valence-corrected chi connectivity index (χ3v) is 5.73. The van der Waals surface area contributed by atoms with Crippen LogP contribution in [0.15, 0.2) is 18.2 Å².